The Balaban J connectivity index is 2.94. The summed E-state index contributed by atoms with van der Waals surface area (Å²) >= 11 is 0. The summed E-state index contributed by atoms with van der Waals surface area (Å²) in [6.07, 6.45) is 2.22. The molecule has 2 heteroatoms. The van der Waals surface area contributed by atoms with E-state index in [0.29, 0.717) is 6.42 Å². The van der Waals surface area contributed by atoms with Crippen LogP contribution in [0.3, 0.4) is 0 Å². The van der Waals surface area contributed by atoms with E-state index in [1.54, 1.807) is 0 Å². The lowest BCUT2D eigenvalue weighted by molar-refractivity contribution is -0.148. The second-order valence-electron chi connectivity index (χ2n) is 5.21. The van der Waals surface area contributed by atoms with Gasteiger partial charge in [0.05, 0.1) is 5.41 Å². The summed E-state index contributed by atoms with van der Waals surface area (Å²) in [6.45, 7) is 8.01. The maximum absolute atomic E-state index is 11.4. The number of carbonyl (C=O) groups is 1. The molecule has 0 aliphatic heterocycles. The van der Waals surface area contributed by atoms with Gasteiger partial charge in [0.2, 0.25) is 0 Å². The minimum atomic E-state index is -0.697. The molecule has 0 saturated carbocycles. The number of carboxylic acids is 1. The molecule has 1 N–H and O–H groups in total. The van der Waals surface area contributed by atoms with Crippen LogP contribution in [0.4, 0.5) is 0 Å². The summed E-state index contributed by atoms with van der Waals surface area (Å²) in [5, 5.41) is 9.35. The fraction of sp³-hybridized carbons (Fsp3) is 0.533. The zero-order valence-corrected chi connectivity index (χ0v) is 11.2. The Labute approximate surface area is 104 Å². The van der Waals surface area contributed by atoms with Crippen LogP contribution in [0.5, 0.6) is 0 Å². The van der Waals surface area contributed by atoms with E-state index in [-0.39, 0.29) is 0 Å². The second-order valence-corrected chi connectivity index (χ2v) is 5.21. The van der Waals surface area contributed by atoms with Crippen molar-refractivity contribution in [1.82, 2.24) is 0 Å². The number of rotatable bonds is 5. The Hall–Kier alpha value is -1.31. The van der Waals surface area contributed by atoms with Crippen LogP contribution in [0.1, 0.15) is 43.4 Å². The van der Waals surface area contributed by atoms with E-state index in [2.05, 4.69) is 26.0 Å². The van der Waals surface area contributed by atoms with Gasteiger partial charge in [0.15, 0.2) is 0 Å². The van der Waals surface area contributed by atoms with Crippen LogP contribution in [0.2, 0.25) is 0 Å². The Kier molecular flexibility index (Phi) is 4.33. The molecule has 1 atom stereocenters. The summed E-state index contributed by atoms with van der Waals surface area (Å²) in [7, 11) is 0. The first-order valence-corrected chi connectivity index (χ1v) is 6.18. The van der Waals surface area contributed by atoms with E-state index in [0.717, 1.165) is 18.4 Å². The van der Waals surface area contributed by atoms with Crippen molar-refractivity contribution in [2.24, 2.45) is 5.41 Å². The van der Waals surface area contributed by atoms with E-state index in [9.17, 15) is 9.90 Å². The topological polar surface area (TPSA) is 37.3 Å². The highest BCUT2D eigenvalue weighted by atomic mass is 16.4. The van der Waals surface area contributed by atoms with Gasteiger partial charge in [0, 0.05) is 0 Å². The summed E-state index contributed by atoms with van der Waals surface area (Å²) in [6, 6.07) is 6.21. The van der Waals surface area contributed by atoms with E-state index in [1.807, 2.05) is 19.9 Å². The van der Waals surface area contributed by atoms with E-state index in [1.165, 1.54) is 11.1 Å². The molecule has 1 rings (SSSR count). The highest BCUT2D eigenvalue weighted by molar-refractivity contribution is 5.74. The monoisotopic (exact) mass is 234 g/mol. The Morgan fingerprint density at radius 3 is 2.41 bits per heavy atom. The van der Waals surface area contributed by atoms with Gasteiger partial charge in [-0.25, -0.2) is 0 Å². The molecule has 0 spiro atoms. The van der Waals surface area contributed by atoms with Crippen molar-refractivity contribution >= 4 is 5.97 Å². The third-order valence-corrected chi connectivity index (χ3v) is 3.48. The molecule has 0 amide bonds. The van der Waals surface area contributed by atoms with Crippen LogP contribution in [0, 0.1) is 19.3 Å². The molecule has 0 bridgehead atoms. The first kappa shape index (κ1) is 13.8. The van der Waals surface area contributed by atoms with Gasteiger partial charge in [-0.05, 0) is 50.3 Å². The zero-order valence-electron chi connectivity index (χ0n) is 11.2. The van der Waals surface area contributed by atoms with Gasteiger partial charge < -0.3 is 5.11 Å². The lowest BCUT2D eigenvalue weighted by atomic mass is 9.79. The standard InChI is InChI=1S/C15H22O2/c1-5-8-15(4,14(16)17)10-13-7-6-11(2)12(3)9-13/h6-7,9H,5,8,10H2,1-4H3,(H,16,17). The fourth-order valence-electron chi connectivity index (χ4n) is 2.19. The lowest BCUT2D eigenvalue weighted by Gasteiger charge is -2.24. The largest absolute Gasteiger partial charge is 0.481 e. The Morgan fingerprint density at radius 1 is 1.29 bits per heavy atom. The van der Waals surface area contributed by atoms with E-state index >= 15 is 0 Å². The van der Waals surface area contributed by atoms with Gasteiger partial charge in [-0.15, -0.1) is 0 Å². The van der Waals surface area contributed by atoms with Gasteiger partial charge in [-0.1, -0.05) is 31.5 Å². The zero-order chi connectivity index (χ0) is 13.1. The van der Waals surface area contributed by atoms with E-state index < -0.39 is 11.4 Å². The van der Waals surface area contributed by atoms with Crippen molar-refractivity contribution in [2.45, 2.75) is 47.0 Å². The molecule has 0 aliphatic carbocycles. The number of carboxylic acid groups (broad SMARTS) is 1. The van der Waals surface area contributed by atoms with E-state index in [4.69, 9.17) is 0 Å². The molecule has 0 saturated heterocycles. The van der Waals surface area contributed by atoms with Crippen LogP contribution >= 0.6 is 0 Å². The summed E-state index contributed by atoms with van der Waals surface area (Å²) < 4.78 is 0. The molecule has 94 valence electrons. The predicted octanol–water partition coefficient (Wildman–Crippen LogP) is 3.74. The smallest absolute Gasteiger partial charge is 0.309 e. The molecule has 0 aromatic heterocycles. The normalized spacial score (nSPS) is 14.4. The van der Waals surface area contributed by atoms with Gasteiger partial charge in [0.25, 0.3) is 0 Å². The lowest BCUT2D eigenvalue weighted by Crippen LogP contribution is -2.29. The molecule has 17 heavy (non-hydrogen) atoms. The third kappa shape index (κ3) is 3.32. The Morgan fingerprint density at radius 2 is 1.94 bits per heavy atom. The summed E-state index contributed by atoms with van der Waals surface area (Å²) in [5.74, 6) is -0.697. The minimum Gasteiger partial charge on any atom is -0.481 e. The Bertz CT molecular complexity index is 409. The van der Waals surface area contributed by atoms with Gasteiger partial charge in [0.1, 0.15) is 0 Å². The van der Waals surface area contributed by atoms with Gasteiger partial charge >= 0.3 is 5.97 Å². The highest BCUT2D eigenvalue weighted by Gasteiger charge is 2.32. The molecule has 1 unspecified atom stereocenters. The maximum atomic E-state index is 11.4. The molecule has 0 aliphatic rings. The molecule has 0 heterocycles. The first-order chi connectivity index (χ1) is 7.89. The van der Waals surface area contributed by atoms with Crippen LogP contribution in [0.15, 0.2) is 18.2 Å². The van der Waals surface area contributed by atoms with Crippen LogP contribution in [-0.2, 0) is 11.2 Å². The molecule has 1 aromatic rings. The first-order valence-electron chi connectivity index (χ1n) is 6.18. The van der Waals surface area contributed by atoms with Gasteiger partial charge in [-0.2, -0.15) is 0 Å². The van der Waals surface area contributed by atoms with Crippen molar-refractivity contribution in [2.75, 3.05) is 0 Å². The molecule has 0 radical (unpaired) electrons. The number of aryl methyl sites for hydroxylation is 2. The molecule has 0 fully saturated rings. The second kappa shape index (κ2) is 5.35. The predicted molar refractivity (Wildman–Crippen MR) is 70.3 cm³/mol. The maximum Gasteiger partial charge on any atom is 0.309 e. The SMILES string of the molecule is CCCC(C)(Cc1ccc(C)c(C)c1)C(=O)O. The molecule has 1 aromatic carbocycles. The van der Waals surface area contributed by atoms with Crippen molar-refractivity contribution in [3.63, 3.8) is 0 Å². The van der Waals surface area contributed by atoms with Gasteiger partial charge in [-0.3, -0.25) is 4.79 Å². The number of hydrogen-bond donors (Lipinski definition) is 1. The molecular weight excluding hydrogens is 212 g/mol. The quantitative estimate of drug-likeness (QED) is 0.842. The molecule has 2 nitrogen and oxygen atoms in total. The van der Waals surface area contributed by atoms with Crippen LogP contribution in [0.25, 0.3) is 0 Å². The van der Waals surface area contributed by atoms with Crippen molar-refractivity contribution in [3.05, 3.63) is 34.9 Å². The number of hydrogen-bond acceptors (Lipinski definition) is 1. The van der Waals surface area contributed by atoms with Crippen LogP contribution in [-0.4, -0.2) is 11.1 Å². The average molecular weight is 234 g/mol. The van der Waals surface area contributed by atoms with Crippen LogP contribution < -0.4 is 0 Å². The summed E-state index contributed by atoms with van der Waals surface area (Å²) in [4.78, 5) is 11.4. The third-order valence-electron chi connectivity index (χ3n) is 3.48. The average Bonchev–Trinajstić information content (AvgIpc) is 2.23. The van der Waals surface area contributed by atoms with Crippen molar-refractivity contribution < 1.29 is 9.90 Å². The number of benzene rings is 1. The summed E-state index contributed by atoms with van der Waals surface area (Å²) in [5.41, 5.74) is 2.95. The molecular formula is C15H22O2. The van der Waals surface area contributed by atoms with Crippen molar-refractivity contribution in [1.29, 1.82) is 0 Å². The number of aliphatic carboxylic acids is 1. The highest BCUT2D eigenvalue weighted by Crippen LogP contribution is 2.29. The minimum absolute atomic E-state index is 0.608. The van der Waals surface area contributed by atoms with Crippen molar-refractivity contribution in [3.8, 4) is 0 Å². The fourth-order valence-corrected chi connectivity index (χ4v) is 2.19.